The molecule has 0 aromatic carbocycles. The first-order chi connectivity index (χ1) is 8.98. The van der Waals surface area contributed by atoms with Gasteiger partial charge in [0.2, 0.25) is 5.91 Å². The van der Waals surface area contributed by atoms with Gasteiger partial charge in [0, 0.05) is 29.6 Å². The first kappa shape index (κ1) is 13.7. The van der Waals surface area contributed by atoms with E-state index in [0.717, 1.165) is 25.3 Å². The fourth-order valence-corrected chi connectivity index (χ4v) is 5.25. The zero-order chi connectivity index (χ0) is 13.6. The average molecular weight is 282 g/mol. The third kappa shape index (κ3) is 2.54. The Labute approximate surface area is 120 Å². The van der Waals surface area contributed by atoms with Gasteiger partial charge in [-0.05, 0) is 37.5 Å². The lowest BCUT2D eigenvalue weighted by Gasteiger charge is -2.32. The van der Waals surface area contributed by atoms with Crippen molar-refractivity contribution in [2.45, 2.75) is 50.3 Å². The minimum atomic E-state index is 0.130. The zero-order valence-corrected chi connectivity index (χ0v) is 12.9. The summed E-state index contributed by atoms with van der Waals surface area (Å²) in [6.07, 6.45) is 4.77. The Bertz CT molecular complexity index is 369. The van der Waals surface area contributed by atoms with Crippen molar-refractivity contribution < 1.29 is 4.79 Å². The lowest BCUT2D eigenvalue weighted by atomic mass is 9.84. The highest BCUT2D eigenvalue weighted by Crippen LogP contribution is 2.48. The number of nitrogens with two attached hydrogens (primary N) is 1. The quantitative estimate of drug-likeness (QED) is 0.801. The lowest BCUT2D eigenvalue weighted by Crippen LogP contribution is -2.47. The van der Waals surface area contributed by atoms with Crippen molar-refractivity contribution in [3.63, 3.8) is 0 Å². The van der Waals surface area contributed by atoms with Crippen LogP contribution in [0.4, 0.5) is 0 Å². The van der Waals surface area contributed by atoms with E-state index in [1.807, 2.05) is 11.8 Å². The molecule has 2 bridgehead atoms. The van der Waals surface area contributed by atoms with E-state index < -0.39 is 0 Å². The molecular weight excluding hydrogens is 256 g/mol. The SMILES string of the molecule is CC1(C)CCN(C(=O)C2C3CCC(C3)C2N)CCS1. The average Bonchev–Trinajstić information content (AvgIpc) is 2.88. The fraction of sp³-hybridized carbons (Fsp3) is 0.933. The van der Waals surface area contributed by atoms with Gasteiger partial charge in [0.15, 0.2) is 0 Å². The summed E-state index contributed by atoms with van der Waals surface area (Å²) in [5, 5.41) is 0. The van der Waals surface area contributed by atoms with Gasteiger partial charge in [0.25, 0.3) is 0 Å². The molecule has 2 N–H and O–H groups in total. The van der Waals surface area contributed by atoms with Crippen LogP contribution in [0.3, 0.4) is 0 Å². The summed E-state index contributed by atoms with van der Waals surface area (Å²) in [6, 6.07) is 0.134. The first-order valence-corrected chi connectivity index (χ1v) is 8.65. The summed E-state index contributed by atoms with van der Waals surface area (Å²) in [5.74, 6) is 2.76. The predicted octanol–water partition coefficient (Wildman–Crippen LogP) is 2.10. The second-order valence-electron chi connectivity index (χ2n) is 7.12. The van der Waals surface area contributed by atoms with Crippen molar-refractivity contribution >= 4 is 17.7 Å². The van der Waals surface area contributed by atoms with Crippen LogP contribution in [-0.4, -0.2) is 40.4 Å². The van der Waals surface area contributed by atoms with Gasteiger partial charge >= 0.3 is 0 Å². The number of hydrogen-bond donors (Lipinski definition) is 1. The van der Waals surface area contributed by atoms with Gasteiger partial charge in [-0.2, -0.15) is 11.8 Å². The smallest absolute Gasteiger partial charge is 0.227 e. The summed E-state index contributed by atoms with van der Waals surface area (Å²) in [7, 11) is 0. The zero-order valence-electron chi connectivity index (χ0n) is 12.1. The van der Waals surface area contributed by atoms with E-state index in [0.29, 0.717) is 22.5 Å². The molecule has 0 radical (unpaired) electrons. The van der Waals surface area contributed by atoms with E-state index >= 15 is 0 Å². The molecule has 1 amide bonds. The van der Waals surface area contributed by atoms with Gasteiger partial charge in [0.1, 0.15) is 0 Å². The first-order valence-electron chi connectivity index (χ1n) is 7.66. The molecule has 4 unspecified atom stereocenters. The molecule has 19 heavy (non-hydrogen) atoms. The van der Waals surface area contributed by atoms with E-state index in [1.54, 1.807) is 0 Å². The maximum atomic E-state index is 12.8. The van der Waals surface area contributed by atoms with E-state index in [-0.39, 0.29) is 12.0 Å². The van der Waals surface area contributed by atoms with Gasteiger partial charge in [-0.25, -0.2) is 0 Å². The van der Waals surface area contributed by atoms with E-state index in [1.165, 1.54) is 19.3 Å². The van der Waals surface area contributed by atoms with Crippen molar-refractivity contribution in [3.8, 4) is 0 Å². The molecule has 2 aliphatic carbocycles. The van der Waals surface area contributed by atoms with Crippen LogP contribution >= 0.6 is 11.8 Å². The van der Waals surface area contributed by atoms with E-state index in [2.05, 4.69) is 18.7 Å². The van der Waals surface area contributed by atoms with Crippen LogP contribution in [0.25, 0.3) is 0 Å². The van der Waals surface area contributed by atoms with E-state index in [4.69, 9.17) is 5.73 Å². The fourth-order valence-electron chi connectivity index (χ4n) is 4.15. The van der Waals surface area contributed by atoms with Crippen LogP contribution in [0.2, 0.25) is 0 Å². The molecule has 4 heteroatoms. The summed E-state index contributed by atoms with van der Waals surface area (Å²) in [5.41, 5.74) is 6.31. The maximum Gasteiger partial charge on any atom is 0.227 e. The molecule has 0 aromatic heterocycles. The number of amides is 1. The molecule has 2 saturated carbocycles. The Kier molecular flexibility index (Phi) is 3.59. The highest BCUT2D eigenvalue weighted by Gasteiger charge is 2.50. The third-order valence-corrected chi connectivity index (χ3v) is 6.79. The standard InChI is InChI=1S/C15H26N2OS/c1-15(2)5-6-17(7-8-19-15)14(18)12-10-3-4-11(9-10)13(12)16/h10-13H,3-9,16H2,1-2H3. The Morgan fingerprint density at radius 3 is 2.68 bits per heavy atom. The largest absolute Gasteiger partial charge is 0.342 e. The van der Waals surface area contributed by atoms with Gasteiger partial charge in [-0.3, -0.25) is 4.79 Å². The molecule has 108 valence electrons. The lowest BCUT2D eigenvalue weighted by molar-refractivity contribution is -0.137. The molecule has 0 spiro atoms. The van der Waals surface area contributed by atoms with Crippen LogP contribution in [0, 0.1) is 17.8 Å². The molecule has 3 fully saturated rings. The van der Waals surface area contributed by atoms with Crippen LogP contribution in [0.5, 0.6) is 0 Å². The molecule has 1 saturated heterocycles. The summed E-state index contributed by atoms with van der Waals surface area (Å²) in [4.78, 5) is 14.9. The maximum absolute atomic E-state index is 12.8. The topological polar surface area (TPSA) is 46.3 Å². The highest BCUT2D eigenvalue weighted by molar-refractivity contribution is 8.00. The molecule has 0 aromatic rings. The van der Waals surface area contributed by atoms with Crippen molar-refractivity contribution in [1.29, 1.82) is 0 Å². The molecule has 1 heterocycles. The highest BCUT2D eigenvalue weighted by atomic mass is 32.2. The number of fused-ring (bicyclic) bond motifs is 2. The second-order valence-corrected chi connectivity index (χ2v) is 8.92. The molecule has 3 aliphatic rings. The number of hydrogen-bond acceptors (Lipinski definition) is 3. The molecule has 3 rings (SSSR count). The van der Waals surface area contributed by atoms with Gasteiger partial charge < -0.3 is 10.6 Å². The summed E-state index contributed by atoms with van der Waals surface area (Å²) in [6.45, 7) is 6.40. The van der Waals surface area contributed by atoms with E-state index in [9.17, 15) is 4.79 Å². The van der Waals surface area contributed by atoms with Crippen LogP contribution in [0.1, 0.15) is 39.5 Å². The summed E-state index contributed by atoms with van der Waals surface area (Å²) >= 11 is 2.00. The molecular formula is C15H26N2OS. The number of nitrogens with zero attached hydrogens (tertiary/aromatic N) is 1. The Balaban J connectivity index is 1.67. The number of thioether (sulfide) groups is 1. The van der Waals surface area contributed by atoms with Crippen molar-refractivity contribution in [2.24, 2.45) is 23.5 Å². The monoisotopic (exact) mass is 282 g/mol. The van der Waals surface area contributed by atoms with Gasteiger partial charge in [-0.15, -0.1) is 0 Å². The molecule has 3 nitrogen and oxygen atoms in total. The Morgan fingerprint density at radius 2 is 2.00 bits per heavy atom. The minimum absolute atomic E-state index is 0.130. The van der Waals surface area contributed by atoms with Crippen molar-refractivity contribution in [1.82, 2.24) is 4.90 Å². The molecule has 4 atom stereocenters. The van der Waals surface area contributed by atoms with Crippen LogP contribution in [0.15, 0.2) is 0 Å². The number of carbonyl (C=O) groups excluding carboxylic acids is 1. The van der Waals surface area contributed by atoms with Gasteiger partial charge in [-0.1, -0.05) is 13.8 Å². The summed E-state index contributed by atoms with van der Waals surface area (Å²) < 4.78 is 0.311. The van der Waals surface area contributed by atoms with Crippen LogP contribution in [-0.2, 0) is 4.79 Å². The Morgan fingerprint density at radius 1 is 1.26 bits per heavy atom. The second kappa shape index (κ2) is 4.96. The normalized spacial score (nSPS) is 41.3. The van der Waals surface area contributed by atoms with Crippen molar-refractivity contribution in [2.75, 3.05) is 18.8 Å². The number of carbonyl (C=O) groups is 1. The van der Waals surface area contributed by atoms with Gasteiger partial charge in [0.05, 0.1) is 5.92 Å². The van der Waals surface area contributed by atoms with Crippen molar-refractivity contribution in [3.05, 3.63) is 0 Å². The number of rotatable bonds is 1. The third-order valence-electron chi connectivity index (χ3n) is 5.42. The molecule has 1 aliphatic heterocycles. The Hall–Kier alpha value is -0.220. The minimum Gasteiger partial charge on any atom is -0.342 e. The predicted molar refractivity (Wildman–Crippen MR) is 80.0 cm³/mol. The van der Waals surface area contributed by atoms with Crippen LogP contribution < -0.4 is 5.73 Å².